The molecule has 0 saturated carbocycles. The molecule has 0 unspecified atom stereocenters. The van der Waals surface area contributed by atoms with Crippen molar-refractivity contribution in [2.45, 2.75) is 18.2 Å². The van der Waals surface area contributed by atoms with Crippen molar-refractivity contribution in [2.75, 3.05) is 13.2 Å². The molecule has 0 spiro atoms. The molecular formula is C10H12F3NO4S. The SMILES string of the molecule is Cc1ccc(OCCOC(F)(F)F)c(S(N)(=O)=O)c1. The summed E-state index contributed by atoms with van der Waals surface area (Å²) in [5.41, 5.74) is 0.628. The first-order valence-electron chi connectivity index (χ1n) is 5.06. The topological polar surface area (TPSA) is 78.6 Å². The van der Waals surface area contributed by atoms with E-state index >= 15 is 0 Å². The summed E-state index contributed by atoms with van der Waals surface area (Å²) in [4.78, 5) is -0.278. The molecule has 19 heavy (non-hydrogen) atoms. The smallest absolute Gasteiger partial charge is 0.490 e. The Hall–Kier alpha value is -1.32. The Bertz CT molecular complexity index is 542. The molecule has 0 fully saturated rings. The minimum atomic E-state index is -4.75. The van der Waals surface area contributed by atoms with E-state index in [1.807, 2.05) is 0 Å². The standard InChI is InChI=1S/C10H12F3NO4S/c1-7-2-3-8(9(6-7)19(14,15)16)17-4-5-18-10(11,12)13/h2-3,6H,4-5H2,1H3,(H2,14,15,16). The first kappa shape index (κ1) is 15.7. The highest BCUT2D eigenvalue weighted by molar-refractivity contribution is 7.89. The van der Waals surface area contributed by atoms with Crippen LogP contribution in [0.3, 0.4) is 0 Å². The number of ether oxygens (including phenoxy) is 2. The first-order chi connectivity index (χ1) is 8.59. The van der Waals surface area contributed by atoms with Crippen LogP contribution in [-0.2, 0) is 14.8 Å². The summed E-state index contributed by atoms with van der Waals surface area (Å²) in [5.74, 6) is -0.112. The number of rotatable bonds is 5. The van der Waals surface area contributed by atoms with Crippen molar-refractivity contribution in [1.82, 2.24) is 0 Å². The maximum Gasteiger partial charge on any atom is 0.522 e. The van der Waals surface area contributed by atoms with Crippen molar-refractivity contribution in [3.05, 3.63) is 23.8 Å². The van der Waals surface area contributed by atoms with Crippen LogP contribution in [0.1, 0.15) is 5.56 Å². The molecule has 0 bridgehead atoms. The molecule has 0 aliphatic rings. The van der Waals surface area contributed by atoms with Gasteiger partial charge in [-0.2, -0.15) is 0 Å². The van der Waals surface area contributed by atoms with Crippen molar-refractivity contribution >= 4 is 10.0 Å². The van der Waals surface area contributed by atoms with Crippen LogP contribution in [-0.4, -0.2) is 28.0 Å². The number of nitrogens with two attached hydrogens (primary N) is 1. The number of hydrogen-bond donors (Lipinski definition) is 1. The number of primary sulfonamides is 1. The summed E-state index contributed by atoms with van der Waals surface area (Å²) in [6.07, 6.45) is -4.75. The van der Waals surface area contributed by atoms with E-state index in [0.29, 0.717) is 5.56 Å². The van der Waals surface area contributed by atoms with E-state index in [0.717, 1.165) is 0 Å². The molecule has 0 radical (unpaired) electrons. The summed E-state index contributed by atoms with van der Waals surface area (Å²) in [7, 11) is -4.01. The van der Waals surface area contributed by atoms with Crippen LogP contribution in [0.25, 0.3) is 0 Å². The lowest BCUT2D eigenvalue weighted by Crippen LogP contribution is -2.19. The van der Waals surface area contributed by atoms with Gasteiger partial charge in [-0.15, -0.1) is 13.2 Å². The number of hydrogen-bond acceptors (Lipinski definition) is 4. The molecule has 0 aliphatic heterocycles. The maximum atomic E-state index is 11.7. The van der Waals surface area contributed by atoms with Crippen LogP contribution in [0, 0.1) is 6.92 Å². The lowest BCUT2D eigenvalue weighted by molar-refractivity contribution is -0.325. The molecular weight excluding hydrogens is 287 g/mol. The predicted molar refractivity (Wildman–Crippen MR) is 60.1 cm³/mol. The fourth-order valence-electron chi connectivity index (χ4n) is 1.27. The lowest BCUT2D eigenvalue weighted by atomic mass is 10.2. The predicted octanol–water partition coefficient (Wildman–Crippen LogP) is 1.56. The fraction of sp³-hybridized carbons (Fsp3) is 0.400. The van der Waals surface area contributed by atoms with Gasteiger partial charge >= 0.3 is 6.36 Å². The van der Waals surface area contributed by atoms with Crippen molar-refractivity contribution in [2.24, 2.45) is 5.14 Å². The van der Waals surface area contributed by atoms with Gasteiger partial charge in [0.05, 0.1) is 6.61 Å². The highest BCUT2D eigenvalue weighted by atomic mass is 32.2. The van der Waals surface area contributed by atoms with E-state index < -0.39 is 29.6 Å². The molecule has 1 aromatic carbocycles. The van der Waals surface area contributed by atoms with Gasteiger partial charge in [-0.3, -0.25) is 4.74 Å². The van der Waals surface area contributed by atoms with Gasteiger partial charge in [0, 0.05) is 0 Å². The Kier molecular flexibility index (Phi) is 4.77. The highest BCUT2D eigenvalue weighted by Gasteiger charge is 2.28. The first-order valence-corrected chi connectivity index (χ1v) is 6.61. The molecule has 0 amide bonds. The van der Waals surface area contributed by atoms with Gasteiger partial charge in [-0.1, -0.05) is 6.07 Å². The van der Waals surface area contributed by atoms with Gasteiger partial charge < -0.3 is 4.74 Å². The molecule has 0 aliphatic carbocycles. The molecule has 108 valence electrons. The molecule has 5 nitrogen and oxygen atoms in total. The highest BCUT2D eigenvalue weighted by Crippen LogP contribution is 2.24. The molecule has 9 heteroatoms. The van der Waals surface area contributed by atoms with Gasteiger partial charge in [-0.05, 0) is 24.6 Å². The molecule has 1 aromatic rings. The molecule has 0 saturated heterocycles. The van der Waals surface area contributed by atoms with Crippen molar-refractivity contribution in [3.8, 4) is 5.75 Å². The van der Waals surface area contributed by atoms with Crippen LogP contribution in [0.2, 0.25) is 0 Å². The van der Waals surface area contributed by atoms with Crippen LogP contribution >= 0.6 is 0 Å². The van der Waals surface area contributed by atoms with Crippen molar-refractivity contribution < 1.29 is 31.1 Å². The number of benzene rings is 1. The molecule has 0 atom stereocenters. The molecule has 2 N–H and O–H groups in total. The summed E-state index contributed by atoms with van der Waals surface area (Å²) in [6, 6.07) is 4.15. The Balaban J connectivity index is 2.74. The number of halogens is 3. The van der Waals surface area contributed by atoms with E-state index in [4.69, 9.17) is 9.88 Å². The quantitative estimate of drug-likeness (QED) is 0.837. The van der Waals surface area contributed by atoms with Gasteiger partial charge in [0.1, 0.15) is 17.3 Å². The van der Waals surface area contributed by atoms with Gasteiger partial charge in [-0.25, -0.2) is 13.6 Å². The zero-order valence-electron chi connectivity index (χ0n) is 9.90. The summed E-state index contributed by atoms with van der Waals surface area (Å²) in [6.45, 7) is 0.442. The summed E-state index contributed by atoms with van der Waals surface area (Å²) in [5, 5.41) is 4.98. The largest absolute Gasteiger partial charge is 0.522 e. The number of alkyl halides is 3. The van der Waals surface area contributed by atoms with Gasteiger partial charge in [0.25, 0.3) is 0 Å². The fourth-order valence-corrected chi connectivity index (χ4v) is 2.02. The van der Waals surface area contributed by atoms with Crippen molar-refractivity contribution in [3.63, 3.8) is 0 Å². The van der Waals surface area contributed by atoms with E-state index in [1.165, 1.54) is 12.1 Å². The Morgan fingerprint density at radius 1 is 1.26 bits per heavy atom. The second-order valence-corrected chi connectivity index (χ2v) is 5.17. The molecule has 0 heterocycles. The van der Waals surface area contributed by atoms with E-state index in [9.17, 15) is 21.6 Å². The molecule has 1 rings (SSSR count). The van der Waals surface area contributed by atoms with Crippen LogP contribution in [0.4, 0.5) is 13.2 Å². The van der Waals surface area contributed by atoms with Gasteiger partial charge in [0.15, 0.2) is 0 Å². The Morgan fingerprint density at radius 3 is 2.42 bits per heavy atom. The zero-order chi connectivity index (χ0) is 14.7. The minimum absolute atomic E-state index is 0.112. The van der Waals surface area contributed by atoms with E-state index in [2.05, 4.69) is 4.74 Å². The average molecular weight is 299 g/mol. The third-order valence-electron chi connectivity index (χ3n) is 2.01. The van der Waals surface area contributed by atoms with Crippen LogP contribution in [0.5, 0.6) is 5.75 Å². The minimum Gasteiger partial charge on any atom is -0.490 e. The Morgan fingerprint density at radius 2 is 1.89 bits per heavy atom. The number of aryl methyl sites for hydroxylation is 1. The van der Waals surface area contributed by atoms with E-state index in [-0.39, 0.29) is 10.6 Å². The average Bonchev–Trinajstić information content (AvgIpc) is 2.23. The maximum absolute atomic E-state index is 11.7. The summed E-state index contributed by atoms with van der Waals surface area (Å²) >= 11 is 0. The van der Waals surface area contributed by atoms with Crippen molar-refractivity contribution in [1.29, 1.82) is 0 Å². The lowest BCUT2D eigenvalue weighted by Gasteiger charge is -2.12. The second kappa shape index (κ2) is 5.76. The molecule has 0 aromatic heterocycles. The third kappa shape index (κ3) is 5.45. The Labute approximate surface area is 108 Å². The number of sulfonamides is 1. The normalized spacial score (nSPS) is 12.5. The van der Waals surface area contributed by atoms with Crippen LogP contribution < -0.4 is 9.88 Å². The summed E-state index contributed by atoms with van der Waals surface area (Å²) < 4.78 is 66.1. The monoisotopic (exact) mass is 299 g/mol. The second-order valence-electron chi connectivity index (χ2n) is 3.64. The van der Waals surface area contributed by atoms with Crippen LogP contribution in [0.15, 0.2) is 23.1 Å². The zero-order valence-corrected chi connectivity index (χ0v) is 10.7. The van der Waals surface area contributed by atoms with Gasteiger partial charge in [0.2, 0.25) is 10.0 Å². The van der Waals surface area contributed by atoms with E-state index in [1.54, 1.807) is 13.0 Å². The third-order valence-corrected chi connectivity index (χ3v) is 2.94.